The lowest BCUT2D eigenvalue weighted by atomic mass is 10.1. The van der Waals surface area contributed by atoms with E-state index in [0.29, 0.717) is 0 Å². The minimum Gasteiger partial charge on any atom is -0.321 e. The highest BCUT2D eigenvalue weighted by atomic mass is 31.2. The zero-order valence-corrected chi connectivity index (χ0v) is 10.5. The molecule has 0 radical (unpaired) electrons. The average Bonchev–Trinajstić information content (AvgIpc) is 2.14. The highest BCUT2D eigenvalue weighted by Gasteiger charge is 2.03. The molecule has 0 bridgehead atoms. The van der Waals surface area contributed by atoms with Gasteiger partial charge in [-0.3, -0.25) is 4.57 Å². The second-order valence-corrected chi connectivity index (χ2v) is 5.36. The van der Waals surface area contributed by atoms with Gasteiger partial charge in [0.15, 0.2) is 0 Å². The Morgan fingerprint density at radius 1 is 1.00 bits per heavy atom. The minimum atomic E-state index is -3.92. The molecule has 0 amide bonds. The molecule has 0 aromatic rings. The van der Waals surface area contributed by atoms with Crippen LogP contribution in [0.25, 0.3) is 0 Å². The quantitative estimate of drug-likeness (QED) is 0.471. The van der Waals surface area contributed by atoms with Gasteiger partial charge in [-0.05, 0) is 12.8 Å². The number of unbranched alkanes of at least 4 members (excludes halogenated alkanes) is 7. The van der Waals surface area contributed by atoms with Crippen LogP contribution in [0.3, 0.4) is 0 Å². The van der Waals surface area contributed by atoms with E-state index in [-0.39, 0.29) is 0 Å². The molecule has 15 heavy (non-hydrogen) atoms. The van der Waals surface area contributed by atoms with Crippen molar-refractivity contribution in [3.63, 3.8) is 0 Å². The fourth-order valence-electron chi connectivity index (χ4n) is 1.43. The van der Waals surface area contributed by atoms with Crippen molar-refractivity contribution in [2.75, 3.05) is 0 Å². The Hall–Kier alpha value is -0.110. The Morgan fingerprint density at radius 3 is 2.07 bits per heavy atom. The third-order valence-corrected chi connectivity index (χ3v) is 2.87. The van der Waals surface area contributed by atoms with Crippen LogP contribution in [0.4, 0.5) is 0 Å². The molecular formula is C11H23O3P. The van der Waals surface area contributed by atoms with Crippen molar-refractivity contribution in [3.8, 4) is 0 Å². The van der Waals surface area contributed by atoms with Gasteiger partial charge in [-0.25, -0.2) is 0 Å². The highest BCUT2D eigenvalue weighted by Crippen LogP contribution is 2.36. The van der Waals surface area contributed by atoms with Crippen LogP contribution in [0, 0.1) is 0 Å². The highest BCUT2D eigenvalue weighted by molar-refractivity contribution is 7.55. The van der Waals surface area contributed by atoms with Crippen LogP contribution in [-0.2, 0) is 4.57 Å². The van der Waals surface area contributed by atoms with E-state index in [9.17, 15) is 4.57 Å². The van der Waals surface area contributed by atoms with Crippen molar-refractivity contribution in [1.29, 1.82) is 0 Å². The molecule has 0 saturated carbocycles. The average molecular weight is 234 g/mol. The second-order valence-electron chi connectivity index (χ2n) is 3.88. The van der Waals surface area contributed by atoms with Crippen molar-refractivity contribution in [2.45, 2.75) is 58.3 Å². The molecule has 0 aliphatic heterocycles. The lowest BCUT2D eigenvalue weighted by Gasteiger charge is -1.99. The van der Waals surface area contributed by atoms with Gasteiger partial charge in [0, 0.05) is 5.82 Å². The van der Waals surface area contributed by atoms with E-state index in [1.54, 1.807) is 6.08 Å². The molecule has 0 rings (SSSR count). The Balaban J connectivity index is 3.18. The van der Waals surface area contributed by atoms with Gasteiger partial charge in [0.25, 0.3) is 0 Å². The molecule has 0 aromatic carbocycles. The van der Waals surface area contributed by atoms with E-state index in [1.807, 2.05) is 0 Å². The maximum Gasteiger partial charge on any atom is 0.348 e. The van der Waals surface area contributed by atoms with E-state index in [1.165, 1.54) is 32.1 Å². The molecule has 0 heterocycles. The monoisotopic (exact) mass is 234 g/mol. The van der Waals surface area contributed by atoms with Gasteiger partial charge >= 0.3 is 7.60 Å². The molecule has 0 aromatic heterocycles. The molecule has 0 atom stereocenters. The van der Waals surface area contributed by atoms with Gasteiger partial charge in [0.1, 0.15) is 0 Å². The maximum atomic E-state index is 10.4. The number of rotatable bonds is 9. The lowest BCUT2D eigenvalue weighted by molar-refractivity contribution is 0.386. The summed E-state index contributed by atoms with van der Waals surface area (Å²) in [6, 6.07) is 0. The normalized spacial score (nSPS) is 12.5. The summed E-state index contributed by atoms with van der Waals surface area (Å²) >= 11 is 0. The second kappa shape index (κ2) is 9.14. The first-order valence-corrected chi connectivity index (χ1v) is 7.47. The zero-order chi connectivity index (χ0) is 11.6. The molecule has 90 valence electrons. The Kier molecular flexibility index (Phi) is 9.07. The Bertz CT molecular complexity index is 208. The number of hydrogen-bond donors (Lipinski definition) is 2. The van der Waals surface area contributed by atoms with Crippen LogP contribution < -0.4 is 0 Å². The number of allylic oxidation sites excluding steroid dienone is 1. The minimum absolute atomic E-state index is 0.777. The zero-order valence-electron chi connectivity index (χ0n) is 9.56. The molecule has 4 heteroatoms. The standard InChI is InChI=1S/C11H23O3P/c1-2-3-4-5-6-7-8-9-10-11-15(12,13)14/h10-11H,2-9H2,1H3,(H2,12,13,14)/b11-10+. The van der Waals surface area contributed by atoms with E-state index < -0.39 is 7.60 Å². The van der Waals surface area contributed by atoms with Gasteiger partial charge in [-0.15, -0.1) is 0 Å². The summed E-state index contributed by atoms with van der Waals surface area (Å²) in [5, 5.41) is 0. The summed E-state index contributed by atoms with van der Waals surface area (Å²) in [4.78, 5) is 17.1. The summed E-state index contributed by atoms with van der Waals surface area (Å²) in [5.41, 5.74) is 0. The van der Waals surface area contributed by atoms with Gasteiger partial charge < -0.3 is 9.79 Å². The predicted molar refractivity (Wildman–Crippen MR) is 63.8 cm³/mol. The van der Waals surface area contributed by atoms with Crippen LogP contribution in [0.15, 0.2) is 11.9 Å². The molecule has 0 unspecified atom stereocenters. The van der Waals surface area contributed by atoms with E-state index in [2.05, 4.69) is 6.92 Å². The van der Waals surface area contributed by atoms with Crippen molar-refractivity contribution >= 4 is 7.60 Å². The molecule has 0 fully saturated rings. The first-order valence-electron chi connectivity index (χ1n) is 5.79. The van der Waals surface area contributed by atoms with E-state index in [0.717, 1.165) is 25.1 Å². The topological polar surface area (TPSA) is 57.5 Å². The van der Waals surface area contributed by atoms with Crippen LogP contribution >= 0.6 is 7.60 Å². The maximum absolute atomic E-state index is 10.4. The summed E-state index contributed by atoms with van der Waals surface area (Å²) in [7, 11) is -3.92. The third kappa shape index (κ3) is 13.9. The van der Waals surface area contributed by atoms with Crippen molar-refractivity contribution in [1.82, 2.24) is 0 Å². The Morgan fingerprint density at radius 2 is 1.53 bits per heavy atom. The van der Waals surface area contributed by atoms with Gasteiger partial charge in [0.2, 0.25) is 0 Å². The van der Waals surface area contributed by atoms with Crippen LogP contribution in [-0.4, -0.2) is 9.79 Å². The first-order chi connectivity index (χ1) is 7.06. The van der Waals surface area contributed by atoms with Crippen molar-refractivity contribution in [3.05, 3.63) is 11.9 Å². The molecule has 3 nitrogen and oxygen atoms in total. The van der Waals surface area contributed by atoms with Crippen LogP contribution in [0.2, 0.25) is 0 Å². The van der Waals surface area contributed by atoms with Crippen LogP contribution in [0.5, 0.6) is 0 Å². The summed E-state index contributed by atoms with van der Waals surface area (Å²) in [5.74, 6) is 1.00. The molecular weight excluding hydrogens is 211 g/mol. The SMILES string of the molecule is CCCCCCCCC/C=C/P(=O)(O)O. The molecule has 0 aliphatic carbocycles. The van der Waals surface area contributed by atoms with Crippen molar-refractivity contribution in [2.24, 2.45) is 0 Å². The van der Waals surface area contributed by atoms with Gasteiger partial charge in [0.05, 0.1) is 0 Å². The predicted octanol–water partition coefficient (Wildman–Crippen LogP) is 3.82. The lowest BCUT2D eigenvalue weighted by Crippen LogP contribution is -1.79. The molecule has 0 spiro atoms. The summed E-state index contributed by atoms with van der Waals surface area (Å²) < 4.78 is 10.4. The van der Waals surface area contributed by atoms with Crippen molar-refractivity contribution < 1.29 is 14.4 Å². The smallest absolute Gasteiger partial charge is 0.321 e. The largest absolute Gasteiger partial charge is 0.348 e. The summed E-state index contributed by atoms with van der Waals surface area (Å²) in [6.45, 7) is 2.20. The number of hydrogen-bond acceptors (Lipinski definition) is 1. The third-order valence-electron chi connectivity index (χ3n) is 2.27. The first kappa shape index (κ1) is 14.9. The molecule has 0 aliphatic rings. The Labute approximate surface area is 92.8 Å². The molecule has 2 N–H and O–H groups in total. The van der Waals surface area contributed by atoms with E-state index in [4.69, 9.17) is 9.79 Å². The van der Waals surface area contributed by atoms with E-state index >= 15 is 0 Å². The van der Waals surface area contributed by atoms with Crippen LogP contribution in [0.1, 0.15) is 58.3 Å². The van der Waals surface area contributed by atoms with Gasteiger partial charge in [-0.1, -0.05) is 51.5 Å². The fraction of sp³-hybridized carbons (Fsp3) is 0.818. The van der Waals surface area contributed by atoms with Gasteiger partial charge in [-0.2, -0.15) is 0 Å². The summed E-state index contributed by atoms with van der Waals surface area (Å²) in [6.07, 6.45) is 11.0. The fourth-order valence-corrected chi connectivity index (χ4v) is 1.85. The molecule has 0 saturated heterocycles.